The number of benzene rings is 2. The second kappa shape index (κ2) is 7.81. The number of ether oxygens (including phenoxy) is 2. The van der Waals surface area contributed by atoms with Crippen molar-refractivity contribution in [1.82, 2.24) is 4.98 Å². The van der Waals surface area contributed by atoms with E-state index in [0.29, 0.717) is 31.3 Å². The Balaban J connectivity index is 1.43. The van der Waals surface area contributed by atoms with Crippen LogP contribution in [0.5, 0.6) is 0 Å². The number of nitrogens with zero attached hydrogens (tertiary/aromatic N) is 1. The molecule has 2 aliphatic heterocycles. The van der Waals surface area contributed by atoms with E-state index in [-0.39, 0.29) is 23.8 Å². The first-order valence-electron chi connectivity index (χ1n) is 9.91. The standard InChI is InChI=1S/C23H22N2O4/c26-22(21-18-11-12-27-13-17(18)14-28-21)25-23-24-19(15-7-3-1-4-8-15)20(29-23)16-9-5-2-6-10-16/h1-10,17-18,21H,11-14H2,(H,24,25,26). The van der Waals surface area contributed by atoms with Crippen molar-refractivity contribution in [2.75, 3.05) is 25.1 Å². The maximum absolute atomic E-state index is 12.9. The highest BCUT2D eigenvalue weighted by Gasteiger charge is 2.43. The Morgan fingerprint density at radius 1 is 0.966 bits per heavy atom. The molecule has 0 spiro atoms. The zero-order chi connectivity index (χ0) is 19.6. The molecule has 148 valence electrons. The minimum absolute atomic E-state index is 0.181. The van der Waals surface area contributed by atoms with Crippen LogP contribution >= 0.6 is 0 Å². The first-order valence-corrected chi connectivity index (χ1v) is 9.91. The number of hydrogen-bond acceptors (Lipinski definition) is 5. The predicted molar refractivity (Wildman–Crippen MR) is 108 cm³/mol. The van der Waals surface area contributed by atoms with E-state index in [1.807, 2.05) is 60.7 Å². The number of carbonyl (C=O) groups is 1. The maximum atomic E-state index is 12.9. The molecule has 3 atom stereocenters. The fraction of sp³-hybridized carbons (Fsp3) is 0.304. The zero-order valence-electron chi connectivity index (χ0n) is 15.9. The third kappa shape index (κ3) is 3.57. The highest BCUT2D eigenvalue weighted by atomic mass is 16.5. The average Bonchev–Trinajstić information content (AvgIpc) is 3.39. The molecular formula is C23H22N2O4. The van der Waals surface area contributed by atoms with Gasteiger partial charge in [-0.3, -0.25) is 10.1 Å². The quantitative estimate of drug-likeness (QED) is 0.729. The van der Waals surface area contributed by atoms with Crippen LogP contribution in [0.2, 0.25) is 0 Å². The minimum atomic E-state index is -0.490. The lowest BCUT2D eigenvalue weighted by atomic mass is 9.87. The summed E-state index contributed by atoms with van der Waals surface area (Å²) in [6.45, 7) is 1.88. The van der Waals surface area contributed by atoms with E-state index in [2.05, 4.69) is 10.3 Å². The van der Waals surface area contributed by atoms with Gasteiger partial charge in [0, 0.05) is 29.6 Å². The van der Waals surface area contributed by atoms with Gasteiger partial charge in [-0.05, 0) is 6.42 Å². The number of aromatic nitrogens is 1. The Hall–Kier alpha value is -2.96. The number of oxazole rings is 1. The number of carbonyl (C=O) groups excluding carboxylic acids is 1. The Morgan fingerprint density at radius 3 is 2.45 bits per heavy atom. The van der Waals surface area contributed by atoms with Crippen molar-refractivity contribution in [3.8, 4) is 22.6 Å². The lowest BCUT2D eigenvalue weighted by molar-refractivity contribution is -0.127. The van der Waals surface area contributed by atoms with E-state index >= 15 is 0 Å². The second-order valence-electron chi connectivity index (χ2n) is 7.46. The number of anilines is 1. The van der Waals surface area contributed by atoms with E-state index in [1.165, 1.54) is 0 Å². The van der Waals surface area contributed by atoms with Crippen molar-refractivity contribution < 1.29 is 18.7 Å². The zero-order valence-corrected chi connectivity index (χ0v) is 15.9. The van der Waals surface area contributed by atoms with Gasteiger partial charge in [0.1, 0.15) is 11.8 Å². The fourth-order valence-corrected chi connectivity index (χ4v) is 4.13. The van der Waals surface area contributed by atoms with E-state index in [9.17, 15) is 4.79 Å². The van der Waals surface area contributed by atoms with Crippen LogP contribution < -0.4 is 5.32 Å². The third-order valence-electron chi connectivity index (χ3n) is 5.61. The summed E-state index contributed by atoms with van der Waals surface area (Å²) in [6.07, 6.45) is 0.343. The van der Waals surface area contributed by atoms with Crippen molar-refractivity contribution in [1.29, 1.82) is 0 Å². The summed E-state index contributed by atoms with van der Waals surface area (Å²) in [7, 11) is 0. The molecule has 1 N–H and O–H groups in total. The van der Waals surface area contributed by atoms with E-state index in [1.54, 1.807) is 0 Å². The topological polar surface area (TPSA) is 73.6 Å². The summed E-state index contributed by atoms with van der Waals surface area (Å²) in [5, 5.41) is 2.83. The van der Waals surface area contributed by atoms with Crippen LogP contribution in [0.15, 0.2) is 65.1 Å². The molecule has 2 aliphatic rings. The molecule has 3 aromatic rings. The smallest absolute Gasteiger partial charge is 0.302 e. The summed E-state index contributed by atoms with van der Waals surface area (Å²) in [4.78, 5) is 17.5. The molecule has 2 saturated heterocycles. The number of amides is 1. The fourth-order valence-electron chi connectivity index (χ4n) is 4.13. The van der Waals surface area contributed by atoms with Crippen molar-refractivity contribution in [2.45, 2.75) is 12.5 Å². The average molecular weight is 390 g/mol. The van der Waals surface area contributed by atoms with Crippen LogP contribution in [0.3, 0.4) is 0 Å². The molecule has 29 heavy (non-hydrogen) atoms. The van der Waals surface area contributed by atoms with Crippen molar-refractivity contribution in [3.05, 3.63) is 60.7 Å². The van der Waals surface area contributed by atoms with Gasteiger partial charge >= 0.3 is 6.01 Å². The molecule has 2 fully saturated rings. The monoisotopic (exact) mass is 390 g/mol. The van der Waals surface area contributed by atoms with Gasteiger partial charge in [-0.15, -0.1) is 0 Å². The van der Waals surface area contributed by atoms with Crippen LogP contribution in [0, 0.1) is 11.8 Å². The van der Waals surface area contributed by atoms with Crippen molar-refractivity contribution in [2.24, 2.45) is 11.8 Å². The van der Waals surface area contributed by atoms with Gasteiger partial charge in [0.05, 0.1) is 13.2 Å². The van der Waals surface area contributed by atoms with E-state index in [4.69, 9.17) is 13.9 Å². The molecule has 5 rings (SSSR count). The largest absolute Gasteiger partial charge is 0.423 e. The molecule has 6 nitrogen and oxygen atoms in total. The number of hydrogen-bond donors (Lipinski definition) is 1. The first kappa shape index (κ1) is 18.1. The van der Waals surface area contributed by atoms with Gasteiger partial charge in [-0.25, -0.2) is 0 Å². The lowest BCUT2D eigenvalue weighted by Crippen LogP contribution is -2.37. The van der Waals surface area contributed by atoms with Crippen LogP contribution in [0.1, 0.15) is 6.42 Å². The molecule has 0 radical (unpaired) electrons. The molecule has 6 heteroatoms. The predicted octanol–water partition coefficient (Wildman–Crippen LogP) is 4.00. The molecule has 1 amide bonds. The molecular weight excluding hydrogens is 368 g/mol. The number of nitrogens with one attached hydrogen (secondary N) is 1. The minimum Gasteiger partial charge on any atom is -0.423 e. The van der Waals surface area contributed by atoms with Gasteiger partial charge in [0.25, 0.3) is 5.91 Å². The molecule has 0 aliphatic carbocycles. The molecule has 0 saturated carbocycles. The van der Waals surface area contributed by atoms with Crippen LogP contribution in [-0.2, 0) is 14.3 Å². The number of fused-ring (bicyclic) bond motifs is 1. The Morgan fingerprint density at radius 2 is 1.69 bits per heavy atom. The Kier molecular flexibility index (Phi) is 4.87. The van der Waals surface area contributed by atoms with Gasteiger partial charge in [0.15, 0.2) is 5.76 Å². The summed E-state index contributed by atoms with van der Waals surface area (Å²) >= 11 is 0. The van der Waals surface area contributed by atoms with Gasteiger partial charge in [-0.1, -0.05) is 60.7 Å². The summed E-state index contributed by atoms with van der Waals surface area (Å²) in [5.74, 6) is 0.882. The molecule has 0 bridgehead atoms. The van der Waals surface area contributed by atoms with Gasteiger partial charge in [-0.2, -0.15) is 4.98 Å². The summed E-state index contributed by atoms with van der Waals surface area (Å²) in [5.41, 5.74) is 2.53. The molecule has 1 aromatic heterocycles. The summed E-state index contributed by atoms with van der Waals surface area (Å²) < 4.78 is 17.3. The van der Waals surface area contributed by atoms with E-state index < -0.39 is 6.10 Å². The molecule has 3 unspecified atom stereocenters. The maximum Gasteiger partial charge on any atom is 0.302 e. The van der Waals surface area contributed by atoms with Crippen molar-refractivity contribution >= 4 is 11.9 Å². The summed E-state index contributed by atoms with van der Waals surface area (Å²) in [6, 6.07) is 19.8. The van der Waals surface area contributed by atoms with Crippen molar-refractivity contribution in [3.63, 3.8) is 0 Å². The van der Waals surface area contributed by atoms with Gasteiger partial charge < -0.3 is 13.9 Å². The highest BCUT2D eigenvalue weighted by molar-refractivity contribution is 5.93. The normalized spacial score (nSPS) is 23.5. The highest BCUT2D eigenvalue weighted by Crippen LogP contribution is 2.36. The first-order chi connectivity index (χ1) is 14.3. The Labute approximate surface area is 168 Å². The lowest BCUT2D eigenvalue weighted by Gasteiger charge is -2.26. The Bertz CT molecular complexity index is 930. The van der Waals surface area contributed by atoms with Crippen LogP contribution in [-0.4, -0.2) is 36.8 Å². The molecule has 2 aromatic carbocycles. The SMILES string of the molecule is O=C(Nc1nc(-c2ccccc2)c(-c2ccccc2)o1)C1OCC2COCCC21. The third-order valence-corrected chi connectivity index (χ3v) is 5.61. The number of rotatable bonds is 4. The second-order valence-corrected chi connectivity index (χ2v) is 7.46. The van der Waals surface area contributed by atoms with Crippen LogP contribution in [0.25, 0.3) is 22.6 Å². The van der Waals surface area contributed by atoms with Gasteiger partial charge in [0.2, 0.25) is 0 Å². The molecule has 3 heterocycles. The van der Waals surface area contributed by atoms with Crippen LogP contribution in [0.4, 0.5) is 6.01 Å². The van der Waals surface area contributed by atoms with E-state index in [0.717, 1.165) is 17.5 Å².